The summed E-state index contributed by atoms with van der Waals surface area (Å²) in [5.41, 5.74) is 0.645. The van der Waals surface area contributed by atoms with Gasteiger partial charge in [0.15, 0.2) is 0 Å². The molecule has 0 aromatic heterocycles. The summed E-state index contributed by atoms with van der Waals surface area (Å²) in [5, 5.41) is 9.83. The van der Waals surface area contributed by atoms with Crippen LogP contribution in [0.25, 0.3) is 0 Å². The van der Waals surface area contributed by atoms with E-state index in [0.29, 0.717) is 12.2 Å². The Bertz CT molecular complexity index is 411. The van der Waals surface area contributed by atoms with E-state index >= 15 is 0 Å². The van der Waals surface area contributed by atoms with Crippen LogP contribution in [0.2, 0.25) is 0 Å². The first kappa shape index (κ1) is 13.3. The van der Waals surface area contributed by atoms with Crippen molar-refractivity contribution in [3.8, 4) is 5.75 Å². The van der Waals surface area contributed by atoms with E-state index in [9.17, 15) is 9.50 Å². The molecule has 1 aromatic carbocycles. The highest BCUT2D eigenvalue weighted by Gasteiger charge is 2.25. The third kappa shape index (κ3) is 2.82. The lowest BCUT2D eigenvalue weighted by molar-refractivity contribution is -0.0427. The lowest BCUT2D eigenvalue weighted by Crippen LogP contribution is -2.43. The minimum atomic E-state index is -0.310. The zero-order valence-corrected chi connectivity index (χ0v) is 10.9. The summed E-state index contributed by atoms with van der Waals surface area (Å²) >= 11 is 0. The number of morpholine rings is 1. The largest absolute Gasteiger partial charge is 0.508 e. The Balaban J connectivity index is 2.14. The molecule has 100 valence electrons. The van der Waals surface area contributed by atoms with Crippen LogP contribution in [0.1, 0.15) is 31.9 Å². The number of halogens is 1. The molecule has 1 aliphatic rings. The van der Waals surface area contributed by atoms with Crippen molar-refractivity contribution in [2.45, 2.75) is 32.4 Å². The molecule has 2 rings (SSSR count). The number of hydrogen-bond donors (Lipinski definition) is 1. The van der Waals surface area contributed by atoms with Crippen LogP contribution < -0.4 is 0 Å². The summed E-state index contributed by atoms with van der Waals surface area (Å²) in [7, 11) is 0. The normalized spacial score (nSPS) is 22.9. The van der Waals surface area contributed by atoms with Gasteiger partial charge in [-0.25, -0.2) is 4.39 Å². The number of phenols is 1. The molecule has 0 saturated carbocycles. The van der Waals surface area contributed by atoms with E-state index in [-0.39, 0.29) is 23.7 Å². The van der Waals surface area contributed by atoms with Gasteiger partial charge in [-0.1, -0.05) is 6.92 Å². The Hall–Kier alpha value is -1.13. The molecular formula is C14H20FNO2. The van der Waals surface area contributed by atoms with Gasteiger partial charge < -0.3 is 9.84 Å². The van der Waals surface area contributed by atoms with Crippen LogP contribution in [0.3, 0.4) is 0 Å². The number of aromatic hydroxyl groups is 1. The number of phenolic OH excluding ortho intramolecular Hbond substituents is 1. The lowest BCUT2D eigenvalue weighted by Gasteiger charge is -2.36. The van der Waals surface area contributed by atoms with Gasteiger partial charge in [-0.3, -0.25) is 4.90 Å². The van der Waals surface area contributed by atoms with Crippen LogP contribution >= 0.6 is 0 Å². The van der Waals surface area contributed by atoms with Crippen molar-refractivity contribution in [2.75, 3.05) is 19.7 Å². The summed E-state index contributed by atoms with van der Waals surface area (Å²) in [6.07, 6.45) is 1.20. The number of rotatable bonds is 3. The predicted octanol–water partition coefficient (Wildman–Crippen LogP) is 2.70. The molecule has 1 heterocycles. The first-order valence-electron chi connectivity index (χ1n) is 6.46. The fraction of sp³-hybridized carbons (Fsp3) is 0.571. The smallest absolute Gasteiger partial charge is 0.123 e. The molecule has 1 saturated heterocycles. The van der Waals surface area contributed by atoms with Gasteiger partial charge in [0, 0.05) is 24.7 Å². The quantitative estimate of drug-likeness (QED) is 0.899. The Labute approximate surface area is 107 Å². The van der Waals surface area contributed by atoms with Crippen molar-refractivity contribution in [3.63, 3.8) is 0 Å². The maximum atomic E-state index is 13.3. The summed E-state index contributed by atoms with van der Waals surface area (Å²) < 4.78 is 18.9. The number of nitrogens with zero attached hydrogens (tertiary/aromatic N) is 1. The molecule has 0 amide bonds. The minimum absolute atomic E-state index is 0.00125. The Morgan fingerprint density at radius 1 is 1.56 bits per heavy atom. The van der Waals surface area contributed by atoms with Gasteiger partial charge in [-0.05, 0) is 31.5 Å². The maximum absolute atomic E-state index is 13.3. The molecule has 1 N–H and O–H groups in total. The Kier molecular flexibility index (Phi) is 4.19. The zero-order chi connectivity index (χ0) is 13.1. The van der Waals surface area contributed by atoms with Crippen LogP contribution in [0.4, 0.5) is 4.39 Å². The second kappa shape index (κ2) is 5.67. The van der Waals surface area contributed by atoms with Gasteiger partial charge >= 0.3 is 0 Å². The third-order valence-electron chi connectivity index (χ3n) is 3.61. The van der Waals surface area contributed by atoms with Crippen molar-refractivity contribution in [3.05, 3.63) is 29.6 Å². The van der Waals surface area contributed by atoms with E-state index in [4.69, 9.17) is 4.74 Å². The van der Waals surface area contributed by atoms with Crippen LogP contribution in [0.15, 0.2) is 18.2 Å². The van der Waals surface area contributed by atoms with E-state index in [1.165, 1.54) is 18.2 Å². The van der Waals surface area contributed by atoms with E-state index in [1.54, 1.807) is 0 Å². The number of hydrogen-bond acceptors (Lipinski definition) is 3. The van der Waals surface area contributed by atoms with E-state index in [1.807, 2.05) is 6.92 Å². The number of ether oxygens (including phenoxy) is 1. The number of benzene rings is 1. The van der Waals surface area contributed by atoms with Crippen molar-refractivity contribution < 1.29 is 14.2 Å². The van der Waals surface area contributed by atoms with Crippen molar-refractivity contribution in [1.29, 1.82) is 0 Å². The van der Waals surface area contributed by atoms with Crippen LogP contribution in [-0.2, 0) is 4.74 Å². The highest BCUT2D eigenvalue weighted by molar-refractivity contribution is 5.35. The van der Waals surface area contributed by atoms with Gasteiger partial charge in [0.2, 0.25) is 0 Å². The molecule has 0 radical (unpaired) electrons. The fourth-order valence-electron chi connectivity index (χ4n) is 2.40. The highest BCUT2D eigenvalue weighted by atomic mass is 19.1. The first-order valence-corrected chi connectivity index (χ1v) is 6.46. The molecule has 2 unspecified atom stereocenters. The fourth-order valence-corrected chi connectivity index (χ4v) is 2.40. The second-order valence-electron chi connectivity index (χ2n) is 4.78. The SMILES string of the molecule is CCC1CN(C(C)c2cc(F)ccc2O)CCO1. The molecular weight excluding hydrogens is 233 g/mol. The van der Waals surface area contributed by atoms with Gasteiger partial charge in [-0.2, -0.15) is 0 Å². The maximum Gasteiger partial charge on any atom is 0.123 e. The second-order valence-corrected chi connectivity index (χ2v) is 4.78. The Morgan fingerprint density at radius 2 is 2.33 bits per heavy atom. The average Bonchev–Trinajstić information content (AvgIpc) is 2.41. The van der Waals surface area contributed by atoms with Crippen molar-refractivity contribution >= 4 is 0 Å². The topological polar surface area (TPSA) is 32.7 Å². The standard InChI is InChI=1S/C14H20FNO2/c1-3-12-9-16(6-7-18-12)10(2)13-8-11(15)4-5-14(13)17/h4-5,8,10,12,17H,3,6-7,9H2,1-2H3. The molecule has 0 spiro atoms. The lowest BCUT2D eigenvalue weighted by atomic mass is 10.0. The zero-order valence-electron chi connectivity index (χ0n) is 10.9. The van der Waals surface area contributed by atoms with Gasteiger partial charge in [0.05, 0.1) is 12.7 Å². The van der Waals surface area contributed by atoms with E-state index in [2.05, 4.69) is 11.8 Å². The first-order chi connectivity index (χ1) is 8.61. The summed E-state index contributed by atoms with van der Waals surface area (Å²) in [4.78, 5) is 2.23. The van der Waals surface area contributed by atoms with Crippen LogP contribution in [0, 0.1) is 5.82 Å². The third-order valence-corrected chi connectivity index (χ3v) is 3.61. The molecule has 4 heteroatoms. The molecule has 0 aliphatic carbocycles. The molecule has 18 heavy (non-hydrogen) atoms. The van der Waals surface area contributed by atoms with E-state index < -0.39 is 0 Å². The van der Waals surface area contributed by atoms with Gasteiger partial charge in [0.25, 0.3) is 0 Å². The van der Waals surface area contributed by atoms with E-state index in [0.717, 1.165) is 19.5 Å². The molecule has 1 aromatic rings. The summed E-state index contributed by atoms with van der Waals surface area (Å²) in [6.45, 7) is 6.42. The monoisotopic (exact) mass is 253 g/mol. The summed E-state index contributed by atoms with van der Waals surface area (Å²) in [5.74, 6) is -0.154. The van der Waals surface area contributed by atoms with Gasteiger partial charge in [0.1, 0.15) is 11.6 Å². The van der Waals surface area contributed by atoms with Crippen molar-refractivity contribution in [2.24, 2.45) is 0 Å². The summed E-state index contributed by atoms with van der Waals surface area (Å²) in [6, 6.07) is 4.10. The molecule has 2 atom stereocenters. The predicted molar refractivity (Wildman–Crippen MR) is 68.1 cm³/mol. The molecule has 1 fully saturated rings. The molecule has 3 nitrogen and oxygen atoms in total. The minimum Gasteiger partial charge on any atom is -0.508 e. The van der Waals surface area contributed by atoms with Gasteiger partial charge in [-0.15, -0.1) is 0 Å². The van der Waals surface area contributed by atoms with Crippen molar-refractivity contribution in [1.82, 2.24) is 4.90 Å². The Morgan fingerprint density at radius 3 is 3.06 bits per heavy atom. The van der Waals surface area contributed by atoms with Crippen LogP contribution in [0.5, 0.6) is 5.75 Å². The van der Waals surface area contributed by atoms with Crippen LogP contribution in [-0.4, -0.2) is 35.8 Å². The average molecular weight is 253 g/mol. The highest BCUT2D eigenvalue weighted by Crippen LogP contribution is 2.30. The molecule has 1 aliphatic heterocycles. The molecule has 0 bridgehead atoms.